The molecule has 0 unspecified atom stereocenters. The number of fused-ring (bicyclic) bond motifs is 1. The van der Waals surface area contributed by atoms with Crippen LogP contribution in [0.5, 0.6) is 5.75 Å². The highest BCUT2D eigenvalue weighted by atomic mass is 35.5. The van der Waals surface area contributed by atoms with Gasteiger partial charge in [-0.15, -0.1) is 0 Å². The van der Waals surface area contributed by atoms with Crippen LogP contribution in [0.15, 0.2) is 60.2 Å². The number of methoxy groups -OCH3 is 1. The molecule has 0 fully saturated rings. The van der Waals surface area contributed by atoms with Crippen molar-refractivity contribution in [3.05, 3.63) is 76.5 Å². The van der Waals surface area contributed by atoms with Crippen molar-refractivity contribution in [1.82, 2.24) is 4.57 Å². The SMILES string of the molecule is CCn1c(Cl)c(C2=C(/C=C/c3cccc(OC)c3)C(=O)OC2=O)c2ccccc21. The Morgan fingerprint density at radius 2 is 1.86 bits per heavy atom. The summed E-state index contributed by atoms with van der Waals surface area (Å²) in [6, 6.07) is 15.0. The third-order valence-corrected chi connectivity index (χ3v) is 5.28. The number of hydrogen-bond donors (Lipinski definition) is 0. The fourth-order valence-electron chi connectivity index (χ4n) is 3.53. The van der Waals surface area contributed by atoms with Crippen LogP contribution < -0.4 is 4.74 Å². The zero-order valence-electron chi connectivity index (χ0n) is 15.9. The number of esters is 2. The smallest absolute Gasteiger partial charge is 0.347 e. The zero-order chi connectivity index (χ0) is 20.5. The van der Waals surface area contributed by atoms with E-state index in [1.165, 1.54) is 0 Å². The number of aromatic nitrogens is 1. The van der Waals surface area contributed by atoms with Crippen molar-refractivity contribution in [2.45, 2.75) is 13.5 Å². The van der Waals surface area contributed by atoms with E-state index in [9.17, 15) is 9.59 Å². The number of ether oxygens (including phenoxy) is 2. The summed E-state index contributed by atoms with van der Waals surface area (Å²) in [4.78, 5) is 25.0. The lowest BCUT2D eigenvalue weighted by Crippen LogP contribution is -2.02. The second-order valence-electron chi connectivity index (χ2n) is 6.50. The highest BCUT2D eigenvalue weighted by molar-refractivity contribution is 6.40. The minimum absolute atomic E-state index is 0.179. The van der Waals surface area contributed by atoms with Gasteiger partial charge >= 0.3 is 11.9 Å². The van der Waals surface area contributed by atoms with E-state index < -0.39 is 11.9 Å². The average molecular weight is 408 g/mol. The topological polar surface area (TPSA) is 57.5 Å². The molecule has 0 saturated carbocycles. The van der Waals surface area contributed by atoms with Crippen molar-refractivity contribution in [1.29, 1.82) is 0 Å². The molecule has 1 aliphatic rings. The lowest BCUT2D eigenvalue weighted by atomic mass is 10.00. The van der Waals surface area contributed by atoms with Gasteiger partial charge in [-0.25, -0.2) is 9.59 Å². The molecule has 1 aliphatic heterocycles. The van der Waals surface area contributed by atoms with Crippen LogP contribution in [0.1, 0.15) is 18.1 Å². The average Bonchev–Trinajstić information content (AvgIpc) is 3.17. The summed E-state index contributed by atoms with van der Waals surface area (Å²) in [6.45, 7) is 2.60. The van der Waals surface area contributed by atoms with Crippen LogP contribution in [0.3, 0.4) is 0 Å². The van der Waals surface area contributed by atoms with Crippen molar-refractivity contribution < 1.29 is 19.1 Å². The molecule has 0 spiro atoms. The largest absolute Gasteiger partial charge is 0.497 e. The molecule has 0 bridgehead atoms. The number of benzene rings is 2. The Kier molecular flexibility index (Phi) is 4.99. The van der Waals surface area contributed by atoms with Crippen LogP contribution in [-0.2, 0) is 20.9 Å². The minimum atomic E-state index is -0.693. The summed E-state index contributed by atoms with van der Waals surface area (Å²) >= 11 is 6.64. The molecule has 0 aliphatic carbocycles. The molecule has 6 heteroatoms. The van der Waals surface area contributed by atoms with Crippen LogP contribution in [0, 0.1) is 0 Å². The fraction of sp³-hybridized carbons (Fsp3) is 0.130. The third kappa shape index (κ3) is 3.23. The second-order valence-corrected chi connectivity index (χ2v) is 6.86. The van der Waals surface area contributed by atoms with E-state index in [1.54, 1.807) is 19.3 Å². The van der Waals surface area contributed by atoms with Gasteiger partial charge in [-0.1, -0.05) is 48.0 Å². The predicted molar refractivity (Wildman–Crippen MR) is 113 cm³/mol. The lowest BCUT2D eigenvalue weighted by Gasteiger charge is -2.03. The van der Waals surface area contributed by atoms with E-state index >= 15 is 0 Å². The van der Waals surface area contributed by atoms with Crippen LogP contribution in [0.4, 0.5) is 0 Å². The predicted octanol–water partition coefficient (Wildman–Crippen LogP) is 4.87. The summed E-state index contributed by atoms with van der Waals surface area (Å²) in [5.41, 5.74) is 2.60. The first-order chi connectivity index (χ1) is 14.0. The van der Waals surface area contributed by atoms with Crippen LogP contribution in [-0.4, -0.2) is 23.6 Å². The molecule has 0 saturated heterocycles. The van der Waals surface area contributed by atoms with Crippen molar-refractivity contribution in [2.24, 2.45) is 0 Å². The Labute approximate surface area is 172 Å². The van der Waals surface area contributed by atoms with E-state index in [4.69, 9.17) is 21.1 Å². The maximum Gasteiger partial charge on any atom is 0.347 e. The minimum Gasteiger partial charge on any atom is -0.497 e. The number of carbonyl (C=O) groups excluding carboxylic acids is 2. The first kappa shape index (κ1) is 19.0. The first-order valence-electron chi connectivity index (χ1n) is 9.15. The quantitative estimate of drug-likeness (QED) is 0.447. The first-order valence-corrected chi connectivity index (χ1v) is 9.53. The van der Waals surface area contributed by atoms with Gasteiger partial charge in [-0.05, 0) is 36.8 Å². The monoisotopic (exact) mass is 407 g/mol. The van der Waals surface area contributed by atoms with Crippen LogP contribution in [0.25, 0.3) is 22.6 Å². The van der Waals surface area contributed by atoms with Gasteiger partial charge < -0.3 is 14.0 Å². The summed E-state index contributed by atoms with van der Waals surface area (Å²) in [5.74, 6) is -0.685. The zero-order valence-corrected chi connectivity index (χ0v) is 16.7. The normalized spacial score (nSPS) is 14.3. The molecule has 4 rings (SSSR count). The molecule has 2 heterocycles. The van der Waals surface area contributed by atoms with Crippen LogP contribution in [0.2, 0.25) is 5.15 Å². The molecule has 29 heavy (non-hydrogen) atoms. The van der Waals surface area contributed by atoms with Gasteiger partial charge in [0, 0.05) is 23.0 Å². The van der Waals surface area contributed by atoms with E-state index in [1.807, 2.05) is 60.0 Å². The van der Waals surface area contributed by atoms with Crippen molar-refractivity contribution >= 4 is 46.1 Å². The van der Waals surface area contributed by atoms with Crippen molar-refractivity contribution in [2.75, 3.05) is 7.11 Å². The number of aryl methyl sites for hydroxylation is 1. The number of carbonyl (C=O) groups is 2. The highest BCUT2D eigenvalue weighted by Crippen LogP contribution is 2.39. The summed E-state index contributed by atoms with van der Waals surface area (Å²) in [7, 11) is 1.59. The molecule has 2 aromatic carbocycles. The van der Waals surface area contributed by atoms with Gasteiger partial charge in [0.15, 0.2) is 0 Å². The molecule has 0 amide bonds. The van der Waals surface area contributed by atoms with Crippen molar-refractivity contribution in [3.8, 4) is 5.75 Å². The van der Waals surface area contributed by atoms with Gasteiger partial charge in [0.05, 0.1) is 18.3 Å². The van der Waals surface area contributed by atoms with Gasteiger partial charge in [0.2, 0.25) is 0 Å². The molecule has 3 aromatic rings. The number of cyclic esters (lactones) is 2. The number of nitrogens with zero attached hydrogens (tertiary/aromatic N) is 1. The molecule has 0 atom stereocenters. The highest BCUT2D eigenvalue weighted by Gasteiger charge is 2.36. The fourth-order valence-corrected chi connectivity index (χ4v) is 3.94. The third-order valence-electron chi connectivity index (χ3n) is 4.89. The van der Waals surface area contributed by atoms with Gasteiger partial charge in [-0.2, -0.15) is 0 Å². The molecule has 1 aromatic heterocycles. The Hall–Kier alpha value is -3.31. The lowest BCUT2D eigenvalue weighted by molar-refractivity contribution is -0.150. The molecule has 5 nitrogen and oxygen atoms in total. The van der Waals surface area contributed by atoms with Crippen LogP contribution >= 0.6 is 11.6 Å². The number of rotatable bonds is 5. The summed E-state index contributed by atoms with van der Waals surface area (Å²) in [6.07, 6.45) is 3.33. The maximum atomic E-state index is 12.6. The Morgan fingerprint density at radius 1 is 1.07 bits per heavy atom. The van der Waals surface area contributed by atoms with E-state index in [0.29, 0.717) is 23.0 Å². The molecule has 0 N–H and O–H groups in total. The molecular formula is C23H18ClNO4. The van der Waals surface area contributed by atoms with Gasteiger partial charge in [0.25, 0.3) is 0 Å². The van der Waals surface area contributed by atoms with E-state index in [0.717, 1.165) is 16.5 Å². The standard InChI is InChI=1S/C23H18ClNO4/c1-3-25-18-10-5-4-9-16(18)19(21(25)24)20-17(22(26)29-23(20)27)12-11-14-7-6-8-15(13-14)28-2/h4-13H,3H2,1-2H3/b12-11+. The number of halogens is 1. The van der Waals surface area contributed by atoms with Crippen molar-refractivity contribution in [3.63, 3.8) is 0 Å². The Balaban J connectivity index is 1.90. The second kappa shape index (κ2) is 7.60. The number of hydrogen-bond acceptors (Lipinski definition) is 4. The summed E-state index contributed by atoms with van der Waals surface area (Å²) < 4.78 is 12.0. The molecule has 0 radical (unpaired) electrons. The maximum absolute atomic E-state index is 12.6. The molecular weight excluding hydrogens is 390 g/mol. The summed E-state index contributed by atoms with van der Waals surface area (Å²) in [5, 5.41) is 1.20. The Bertz CT molecular complexity index is 1200. The van der Waals surface area contributed by atoms with E-state index in [-0.39, 0.29) is 11.1 Å². The van der Waals surface area contributed by atoms with E-state index in [2.05, 4.69) is 0 Å². The Morgan fingerprint density at radius 3 is 2.62 bits per heavy atom. The number of para-hydroxylation sites is 1. The molecule has 146 valence electrons. The van der Waals surface area contributed by atoms with Gasteiger partial charge in [0.1, 0.15) is 10.9 Å². The van der Waals surface area contributed by atoms with Gasteiger partial charge in [-0.3, -0.25) is 0 Å².